The zero-order valence-electron chi connectivity index (χ0n) is 12.2. The highest BCUT2D eigenvalue weighted by Gasteiger charge is 2.15. The van der Waals surface area contributed by atoms with Crippen LogP contribution in [0.15, 0.2) is 22.7 Å². The van der Waals surface area contributed by atoms with E-state index in [1.54, 1.807) is 6.07 Å². The van der Waals surface area contributed by atoms with Crippen LogP contribution in [0.25, 0.3) is 0 Å². The molecule has 6 nitrogen and oxygen atoms in total. The van der Waals surface area contributed by atoms with Gasteiger partial charge in [-0.25, -0.2) is 0 Å². The van der Waals surface area contributed by atoms with E-state index >= 15 is 0 Å². The number of nitrogens with one attached hydrogen (secondary N) is 1. The van der Waals surface area contributed by atoms with Gasteiger partial charge in [0.05, 0.1) is 27.3 Å². The SMILES string of the molecule is CCNc1cc(Cn2nc(C)c(Br)c2C)ccc1[N+](=O)[O-]. The van der Waals surface area contributed by atoms with Gasteiger partial charge in [-0.15, -0.1) is 0 Å². The number of nitro benzene ring substituents is 1. The molecule has 0 radical (unpaired) electrons. The zero-order valence-corrected chi connectivity index (χ0v) is 13.8. The van der Waals surface area contributed by atoms with Crippen LogP contribution in [0.2, 0.25) is 0 Å². The van der Waals surface area contributed by atoms with Crippen LogP contribution in [0.1, 0.15) is 23.9 Å². The summed E-state index contributed by atoms with van der Waals surface area (Å²) < 4.78 is 2.88. The van der Waals surface area contributed by atoms with Crippen molar-refractivity contribution in [2.75, 3.05) is 11.9 Å². The number of hydrogen-bond acceptors (Lipinski definition) is 4. The first-order chi connectivity index (χ1) is 9.93. The van der Waals surface area contributed by atoms with Gasteiger partial charge in [-0.05, 0) is 48.3 Å². The van der Waals surface area contributed by atoms with E-state index in [2.05, 4.69) is 26.3 Å². The Morgan fingerprint density at radius 2 is 2.14 bits per heavy atom. The molecule has 0 aliphatic heterocycles. The first-order valence-corrected chi connectivity index (χ1v) is 7.44. The van der Waals surface area contributed by atoms with Crippen molar-refractivity contribution in [3.8, 4) is 0 Å². The second-order valence-electron chi connectivity index (χ2n) is 4.78. The number of halogens is 1. The molecule has 1 heterocycles. The third-order valence-electron chi connectivity index (χ3n) is 3.25. The third-order valence-corrected chi connectivity index (χ3v) is 4.40. The minimum atomic E-state index is -0.373. The summed E-state index contributed by atoms with van der Waals surface area (Å²) in [6, 6.07) is 5.11. The predicted octanol–water partition coefficient (Wildman–Crippen LogP) is 3.65. The lowest BCUT2D eigenvalue weighted by Gasteiger charge is -2.09. The van der Waals surface area contributed by atoms with Crippen molar-refractivity contribution in [1.82, 2.24) is 9.78 Å². The van der Waals surface area contributed by atoms with Gasteiger partial charge in [-0.1, -0.05) is 6.07 Å². The normalized spacial score (nSPS) is 10.7. The van der Waals surface area contributed by atoms with Crippen LogP contribution < -0.4 is 5.32 Å². The molecule has 1 aromatic carbocycles. The van der Waals surface area contributed by atoms with Crippen LogP contribution in [0.5, 0.6) is 0 Å². The van der Waals surface area contributed by atoms with Gasteiger partial charge >= 0.3 is 0 Å². The van der Waals surface area contributed by atoms with Crippen molar-refractivity contribution < 1.29 is 4.92 Å². The number of nitro groups is 1. The number of aromatic nitrogens is 2. The molecular formula is C14H17BrN4O2. The molecule has 0 saturated carbocycles. The molecule has 1 N–H and O–H groups in total. The minimum absolute atomic E-state index is 0.0927. The Labute approximate surface area is 131 Å². The maximum Gasteiger partial charge on any atom is 0.292 e. The van der Waals surface area contributed by atoms with Gasteiger partial charge in [0.2, 0.25) is 0 Å². The van der Waals surface area contributed by atoms with Gasteiger partial charge < -0.3 is 5.32 Å². The number of rotatable bonds is 5. The topological polar surface area (TPSA) is 73.0 Å². The van der Waals surface area contributed by atoms with E-state index in [0.717, 1.165) is 21.4 Å². The van der Waals surface area contributed by atoms with Crippen LogP contribution in [0.4, 0.5) is 11.4 Å². The number of aryl methyl sites for hydroxylation is 1. The summed E-state index contributed by atoms with van der Waals surface area (Å²) in [4.78, 5) is 10.6. The highest BCUT2D eigenvalue weighted by atomic mass is 79.9. The average molecular weight is 353 g/mol. The van der Waals surface area contributed by atoms with Crippen LogP contribution in [0.3, 0.4) is 0 Å². The van der Waals surface area contributed by atoms with Crippen molar-refractivity contribution in [1.29, 1.82) is 0 Å². The lowest BCUT2D eigenvalue weighted by Crippen LogP contribution is -2.06. The Morgan fingerprint density at radius 1 is 1.43 bits per heavy atom. The van der Waals surface area contributed by atoms with Gasteiger partial charge in [0, 0.05) is 12.6 Å². The van der Waals surface area contributed by atoms with Crippen molar-refractivity contribution >= 4 is 27.3 Å². The second-order valence-corrected chi connectivity index (χ2v) is 5.57. The molecule has 7 heteroatoms. The summed E-state index contributed by atoms with van der Waals surface area (Å²) in [6.07, 6.45) is 0. The Kier molecular flexibility index (Phi) is 4.62. The van der Waals surface area contributed by atoms with E-state index in [-0.39, 0.29) is 10.6 Å². The molecular weight excluding hydrogens is 336 g/mol. The van der Waals surface area contributed by atoms with Gasteiger partial charge in [0.15, 0.2) is 0 Å². The number of hydrogen-bond donors (Lipinski definition) is 1. The lowest BCUT2D eigenvalue weighted by molar-refractivity contribution is -0.384. The maximum atomic E-state index is 11.0. The van der Waals surface area contributed by atoms with Gasteiger partial charge in [0.25, 0.3) is 5.69 Å². The summed E-state index contributed by atoms with van der Waals surface area (Å²) in [5, 5.41) is 18.5. The fourth-order valence-electron chi connectivity index (χ4n) is 2.17. The average Bonchev–Trinajstić information content (AvgIpc) is 2.67. The van der Waals surface area contributed by atoms with E-state index in [9.17, 15) is 10.1 Å². The van der Waals surface area contributed by atoms with Crippen LogP contribution in [-0.4, -0.2) is 21.2 Å². The standard InChI is InChI=1S/C14H17BrN4O2/c1-4-16-12-7-11(5-6-13(12)19(20)21)8-18-10(3)14(15)9(2)17-18/h5-7,16H,4,8H2,1-3H3. The molecule has 0 bridgehead atoms. The molecule has 0 saturated heterocycles. The minimum Gasteiger partial charge on any atom is -0.380 e. The molecule has 0 amide bonds. The smallest absolute Gasteiger partial charge is 0.292 e. The van der Waals surface area contributed by atoms with Crippen molar-refractivity contribution in [3.63, 3.8) is 0 Å². The molecule has 2 aromatic rings. The summed E-state index contributed by atoms with van der Waals surface area (Å²) in [5.74, 6) is 0. The van der Waals surface area contributed by atoms with Gasteiger partial charge in [-0.2, -0.15) is 5.10 Å². The maximum absolute atomic E-state index is 11.0. The summed E-state index contributed by atoms with van der Waals surface area (Å²) in [7, 11) is 0. The first-order valence-electron chi connectivity index (χ1n) is 6.64. The van der Waals surface area contributed by atoms with Gasteiger partial charge in [-0.3, -0.25) is 14.8 Å². The summed E-state index contributed by atoms with van der Waals surface area (Å²) in [5.41, 5.74) is 3.57. The molecule has 0 aliphatic rings. The third kappa shape index (κ3) is 3.24. The van der Waals surface area contributed by atoms with Crippen molar-refractivity contribution in [3.05, 3.63) is 49.7 Å². The number of nitrogens with zero attached hydrogens (tertiary/aromatic N) is 3. The Bertz CT molecular complexity index is 682. The van der Waals surface area contributed by atoms with Crippen molar-refractivity contribution in [2.45, 2.75) is 27.3 Å². The fourth-order valence-corrected chi connectivity index (χ4v) is 2.46. The molecule has 1 aromatic heterocycles. The summed E-state index contributed by atoms with van der Waals surface area (Å²) in [6.45, 7) is 7.05. The Balaban J connectivity index is 2.34. The molecule has 0 fully saturated rings. The second kappa shape index (κ2) is 6.26. The summed E-state index contributed by atoms with van der Waals surface area (Å²) >= 11 is 3.50. The van der Waals surface area contributed by atoms with E-state index in [1.807, 2.05) is 31.5 Å². The number of anilines is 1. The lowest BCUT2D eigenvalue weighted by atomic mass is 10.1. The van der Waals surface area contributed by atoms with Crippen LogP contribution >= 0.6 is 15.9 Å². The van der Waals surface area contributed by atoms with E-state index in [1.165, 1.54) is 6.07 Å². The zero-order chi connectivity index (χ0) is 15.6. The Morgan fingerprint density at radius 3 is 2.67 bits per heavy atom. The van der Waals surface area contributed by atoms with E-state index in [0.29, 0.717) is 18.8 Å². The predicted molar refractivity (Wildman–Crippen MR) is 85.8 cm³/mol. The van der Waals surface area contributed by atoms with Gasteiger partial charge in [0.1, 0.15) is 5.69 Å². The monoisotopic (exact) mass is 352 g/mol. The molecule has 0 atom stereocenters. The first kappa shape index (κ1) is 15.5. The molecule has 2 rings (SSSR count). The highest BCUT2D eigenvalue weighted by Crippen LogP contribution is 2.26. The van der Waals surface area contributed by atoms with E-state index < -0.39 is 0 Å². The number of benzene rings is 1. The molecule has 0 spiro atoms. The van der Waals surface area contributed by atoms with E-state index in [4.69, 9.17) is 0 Å². The molecule has 0 unspecified atom stereocenters. The van der Waals surface area contributed by atoms with Crippen LogP contribution in [0, 0.1) is 24.0 Å². The Hall–Kier alpha value is -1.89. The largest absolute Gasteiger partial charge is 0.380 e. The molecule has 0 aliphatic carbocycles. The molecule has 112 valence electrons. The quantitative estimate of drug-likeness (QED) is 0.658. The highest BCUT2D eigenvalue weighted by molar-refractivity contribution is 9.10. The molecule has 21 heavy (non-hydrogen) atoms. The van der Waals surface area contributed by atoms with Crippen molar-refractivity contribution in [2.24, 2.45) is 0 Å². The fraction of sp³-hybridized carbons (Fsp3) is 0.357. The van der Waals surface area contributed by atoms with Crippen LogP contribution in [-0.2, 0) is 6.54 Å².